The normalized spacial score (nSPS) is 16.0. The van der Waals surface area contributed by atoms with Crippen molar-refractivity contribution in [3.05, 3.63) is 23.9 Å². The van der Waals surface area contributed by atoms with Crippen LogP contribution in [0.1, 0.15) is 51.6 Å². The number of carbonyl (C=O) groups excluding carboxylic acids is 1. The summed E-state index contributed by atoms with van der Waals surface area (Å²) in [5.41, 5.74) is 6.88. The van der Waals surface area contributed by atoms with Gasteiger partial charge in [0.05, 0.1) is 7.11 Å². The SMILES string of the molecule is COc1ccc([C@@H](N)CC2CCN(C(=O)OC(C)(C)C)CC2)cn1.O=CO. The Balaban J connectivity index is 0.00000114. The van der Waals surface area contributed by atoms with E-state index < -0.39 is 5.60 Å². The topological polar surface area (TPSA) is 115 Å². The number of methoxy groups -OCH3 is 1. The van der Waals surface area contributed by atoms with Crippen LogP contribution < -0.4 is 10.5 Å². The van der Waals surface area contributed by atoms with E-state index >= 15 is 0 Å². The predicted molar refractivity (Wildman–Crippen MR) is 102 cm³/mol. The number of pyridine rings is 1. The molecule has 27 heavy (non-hydrogen) atoms. The second-order valence-electron chi connectivity index (χ2n) is 7.49. The first-order valence-corrected chi connectivity index (χ1v) is 9.01. The molecule has 0 radical (unpaired) electrons. The number of rotatable bonds is 4. The lowest BCUT2D eigenvalue weighted by molar-refractivity contribution is -0.122. The molecule has 1 amide bonds. The minimum Gasteiger partial charge on any atom is -0.483 e. The largest absolute Gasteiger partial charge is 0.483 e. The van der Waals surface area contributed by atoms with Crippen molar-refractivity contribution >= 4 is 12.6 Å². The first-order chi connectivity index (χ1) is 12.7. The average Bonchev–Trinajstić information content (AvgIpc) is 2.61. The predicted octanol–water partition coefficient (Wildman–Crippen LogP) is 2.83. The van der Waals surface area contributed by atoms with Crippen LogP contribution in [-0.4, -0.2) is 53.4 Å². The first kappa shape index (κ1) is 22.7. The van der Waals surface area contributed by atoms with Crippen LogP contribution in [0.3, 0.4) is 0 Å². The van der Waals surface area contributed by atoms with Gasteiger partial charge in [-0.25, -0.2) is 9.78 Å². The number of aromatic nitrogens is 1. The van der Waals surface area contributed by atoms with Crippen molar-refractivity contribution in [2.45, 2.75) is 51.7 Å². The van der Waals surface area contributed by atoms with Crippen LogP contribution in [-0.2, 0) is 9.53 Å². The van der Waals surface area contributed by atoms with Crippen molar-refractivity contribution in [3.8, 4) is 5.88 Å². The molecule has 8 nitrogen and oxygen atoms in total. The molecule has 1 aromatic heterocycles. The van der Waals surface area contributed by atoms with Crippen LogP contribution in [0, 0.1) is 5.92 Å². The molecule has 1 aromatic rings. The van der Waals surface area contributed by atoms with Gasteiger partial charge in [-0.2, -0.15) is 0 Å². The second kappa shape index (κ2) is 10.7. The standard InChI is InChI=1S/C18H29N3O3.CH2O2/c1-18(2,3)24-17(22)21-9-7-13(8-10-21)11-15(19)14-5-6-16(23-4)20-12-14;2-1-3/h5-6,12-13,15H,7-11,19H2,1-4H3;1H,(H,2,3)/t15-;/m0./s1. The number of amides is 1. The molecule has 1 aliphatic rings. The Morgan fingerprint density at radius 1 is 1.41 bits per heavy atom. The van der Waals surface area contributed by atoms with Gasteiger partial charge in [0.1, 0.15) is 5.60 Å². The average molecular weight is 381 g/mol. The lowest BCUT2D eigenvalue weighted by Gasteiger charge is -2.34. The van der Waals surface area contributed by atoms with E-state index in [1.54, 1.807) is 18.2 Å². The number of nitrogens with two attached hydrogens (primary N) is 1. The van der Waals surface area contributed by atoms with Crippen LogP contribution in [0.25, 0.3) is 0 Å². The van der Waals surface area contributed by atoms with Crippen molar-refractivity contribution < 1.29 is 24.2 Å². The van der Waals surface area contributed by atoms with E-state index in [1.165, 1.54) is 0 Å². The lowest BCUT2D eigenvalue weighted by Crippen LogP contribution is -2.42. The summed E-state index contributed by atoms with van der Waals surface area (Å²) in [7, 11) is 1.60. The molecule has 0 saturated carbocycles. The quantitative estimate of drug-likeness (QED) is 0.771. The van der Waals surface area contributed by atoms with Crippen molar-refractivity contribution in [2.75, 3.05) is 20.2 Å². The van der Waals surface area contributed by atoms with Gasteiger partial charge in [-0.3, -0.25) is 4.79 Å². The van der Waals surface area contributed by atoms with E-state index in [0.717, 1.165) is 37.9 Å². The molecule has 2 rings (SSSR count). The molecular weight excluding hydrogens is 350 g/mol. The van der Waals surface area contributed by atoms with E-state index in [1.807, 2.05) is 32.9 Å². The maximum atomic E-state index is 12.1. The van der Waals surface area contributed by atoms with Gasteiger partial charge in [-0.05, 0) is 51.5 Å². The highest BCUT2D eigenvalue weighted by Crippen LogP contribution is 2.28. The third-order valence-corrected chi connectivity index (χ3v) is 4.25. The molecule has 2 heterocycles. The number of carboxylic acid groups (broad SMARTS) is 1. The summed E-state index contributed by atoms with van der Waals surface area (Å²) >= 11 is 0. The highest BCUT2D eigenvalue weighted by Gasteiger charge is 2.27. The van der Waals surface area contributed by atoms with Crippen molar-refractivity contribution in [2.24, 2.45) is 11.7 Å². The fraction of sp³-hybridized carbons (Fsp3) is 0.632. The molecule has 0 unspecified atom stereocenters. The van der Waals surface area contributed by atoms with Crippen LogP contribution in [0.4, 0.5) is 4.79 Å². The third-order valence-electron chi connectivity index (χ3n) is 4.25. The fourth-order valence-corrected chi connectivity index (χ4v) is 2.90. The maximum absolute atomic E-state index is 12.1. The van der Waals surface area contributed by atoms with Gasteiger partial charge in [0.15, 0.2) is 0 Å². The lowest BCUT2D eigenvalue weighted by atomic mass is 9.88. The van der Waals surface area contributed by atoms with Gasteiger partial charge in [-0.15, -0.1) is 0 Å². The number of nitrogens with zero attached hydrogens (tertiary/aromatic N) is 2. The molecule has 1 fully saturated rings. The van der Waals surface area contributed by atoms with Crippen molar-refractivity contribution in [1.29, 1.82) is 0 Å². The zero-order chi connectivity index (χ0) is 20.4. The molecule has 0 bridgehead atoms. The summed E-state index contributed by atoms with van der Waals surface area (Å²) in [5.74, 6) is 1.11. The fourth-order valence-electron chi connectivity index (χ4n) is 2.90. The Labute approximate surface area is 160 Å². The highest BCUT2D eigenvalue weighted by atomic mass is 16.6. The first-order valence-electron chi connectivity index (χ1n) is 9.01. The molecule has 0 spiro atoms. The minimum atomic E-state index is -0.447. The Morgan fingerprint density at radius 2 is 2.00 bits per heavy atom. The summed E-state index contributed by atoms with van der Waals surface area (Å²) in [6.07, 6.45) is 4.37. The minimum absolute atomic E-state index is 0.0403. The van der Waals surface area contributed by atoms with E-state index in [-0.39, 0.29) is 18.6 Å². The zero-order valence-corrected chi connectivity index (χ0v) is 16.6. The van der Waals surface area contributed by atoms with E-state index in [4.69, 9.17) is 25.1 Å². The number of hydrogen-bond acceptors (Lipinski definition) is 6. The number of hydrogen-bond donors (Lipinski definition) is 2. The molecule has 0 aromatic carbocycles. The Bertz CT molecular complexity index is 578. The van der Waals surface area contributed by atoms with E-state index in [9.17, 15) is 4.79 Å². The summed E-state index contributed by atoms with van der Waals surface area (Å²) < 4.78 is 10.5. The van der Waals surface area contributed by atoms with Crippen LogP contribution in [0.5, 0.6) is 5.88 Å². The highest BCUT2D eigenvalue weighted by molar-refractivity contribution is 5.68. The third kappa shape index (κ3) is 8.25. The van der Waals surface area contributed by atoms with Crippen molar-refractivity contribution in [3.63, 3.8) is 0 Å². The van der Waals surface area contributed by atoms with E-state index in [0.29, 0.717) is 11.8 Å². The molecule has 1 aliphatic heterocycles. The molecule has 8 heteroatoms. The van der Waals surface area contributed by atoms with Gasteiger partial charge in [0, 0.05) is 31.4 Å². The number of likely N-dealkylation sites (tertiary alicyclic amines) is 1. The Hall–Kier alpha value is -2.35. The molecule has 1 atom stereocenters. The van der Waals surface area contributed by atoms with Crippen LogP contribution in [0.2, 0.25) is 0 Å². The summed E-state index contributed by atoms with van der Waals surface area (Å²) in [6.45, 7) is 6.87. The number of ether oxygens (including phenoxy) is 2. The Morgan fingerprint density at radius 3 is 2.44 bits per heavy atom. The van der Waals surface area contributed by atoms with Gasteiger partial charge < -0.3 is 25.2 Å². The second-order valence-corrected chi connectivity index (χ2v) is 7.49. The van der Waals surface area contributed by atoms with Gasteiger partial charge in [-0.1, -0.05) is 6.07 Å². The van der Waals surface area contributed by atoms with Gasteiger partial charge >= 0.3 is 6.09 Å². The van der Waals surface area contributed by atoms with Crippen molar-refractivity contribution in [1.82, 2.24) is 9.88 Å². The summed E-state index contributed by atoms with van der Waals surface area (Å²) in [6, 6.07) is 3.76. The molecule has 0 aliphatic carbocycles. The van der Waals surface area contributed by atoms with E-state index in [2.05, 4.69) is 4.98 Å². The smallest absolute Gasteiger partial charge is 0.410 e. The number of piperidine rings is 1. The molecule has 152 valence electrons. The molecule has 3 N–H and O–H groups in total. The molecule has 1 saturated heterocycles. The maximum Gasteiger partial charge on any atom is 0.410 e. The van der Waals surface area contributed by atoms with Crippen LogP contribution >= 0.6 is 0 Å². The summed E-state index contributed by atoms with van der Waals surface area (Å²) in [5, 5.41) is 6.89. The summed E-state index contributed by atoms with van der Waals surface area (Å²) in [4.78, 5) is 26.4. The van der Waals surface area contributed by atoms with Crippen LogP contribution in [0.15, 0.2) is 18.3 Å². The monoisotopic (exact) mass is 381 g/mol. The van der Waals surface area contributed by atoms with Gasteiger partial charge in [0.25, 0.3) is 6.47 Å². The Kier molecular flexibility index (Phi) is 9.00. The zero-order valence-electron chi connectivity index (χ0n) is 16.6. The number of carbonyl (C=O) groups is 2. The van der Waals surface area contributed by atoms with Gasteiger partial charge in [0.2, 0.25) is 5.88 Å². The molecular formula is C19H31N3O5.